The van der Waals surface area contributed by atoms with Gasteiger partial charge in [-0.15, -0.1) is 0 Å². The van der Waals surface area contributed by atoms with Crippen molar-refractivity contribution in [3.63, 3.8) is 0 Å². The van der Waals surface area contributed by atoms with E-state index in [-0.39, 0.29) is 35.6 Å². The van der Waals surface area contributed by atoms with E-state index in [0.717, 1.165) is 24.3 Å². The van der Waals surface area contributed by atoms with Crippen molar-refractivity contribution in [2.45, 2.75) is 92.9 Å². The maximum atomic E-state index is 5.91. The van der Waals surface area contributed by atoms with Crippen molar-refractivity contribution in [1.29, 1.82) is 0 Å². The molecule has 0 heterocycles. The average Bonchev–Trinajstić information content (AvgIpc) is 3.68. The van der Waals surface area contributed by atoms with E-state index in [2.05, 4.69) is 140 Å². The molecule has 262 valence electrons. The number of ether oxygens (including phenoxy) is 2. The minimum absolute atomic E-state index is 0. The van der Waals surface area contributed by atoms with Crippen molar-refractivity contribution < 1.29 is 55.6 Å². The maximum Gasteiger partial charge on any atom is -1.00 e. The van der Waals surface area contributed by atoms with E-state index < -0.39 is 21.3 Å². The molecule has 4 aromatic rings. The predicted octanol–water partition coefficient (Wildman–Crippen LogP) is 4.63. The first kappa shape index (κ1) is 40.1. The SMILES string of the molecule is CCOc1ccc([C](c2ccc(OCC)cc2)=[Zr+2]([C]2=CC=CC2)[c]2c(C)c(C(C)(C)C)cc3c2Cc2cc(C)c(C(C)(C)C)cc2-3)cc1.[Cl-].[Cl-]. The predicted molar refractivity (Wildman–Crippen MR) is 201 cm³/mol. The Kier molecular flexibility index (Phi) is 12.7. The molecular formula is C45H52Cl2O2Zr. The number of allylic oxidation sites excluding steroid dienone is 4. The van der Waals surface area contributed by atoms with Gasteiger partial charge in [-0.2, -0.15) is 0 Å². The van der Waals surface area contributed by atoms with Crippen molar-refractivity contribution in [2.75, 3.05) is 13.2 Å². The summed E-state index contributed by atoms with van der Waals surface area (Å²) in [5.74, 6) is 1.85. The van der Waals surface area contributed by atoms with E-state index in [9.17, 15) is 0 Å². The molecular weight excluding hydrogens is 735 g/mol. The molecule has 0 amide bonds. The molecule has 0 radical (unpaired) electrons. The Hall–Kier alpha value is -2.71. The van der Waals surface area contributed by atoms with E-state index >= 15 is 0 Å². The summed E-state index contributed by atoms with van der Waals surface area (Å²) < 4.78 is 16.7. The van der Waals surface area contributed by atoms with Gasteiger partial charge in [-0.25, -0.2) is 0 Å². The Morgan fingerprint density at radius 2 is 1.22 bits per heavy atom. The molecule has 6 rings (SSSR count). The number of aryl methyl sites for hydroxylation is 1. The van der Waals surface area contributed by atoms with Crippen molar-refractivity contribution >= 4 is 6.48 Å². The second-order valence-electron chi connectivity index (χ2n) is 15.4. The molecule has 0 unspecified atom stereocenters. The number of hydrogen-bond donors (Lipinski definition) is 0. The van der Waals surface area contributed by atoms with Gasteiger partial charge in [0.1, 0.15) is 0 Å². The van der Waals surface area contributed by atoms with Gasteiger partial charge >= 0.3 is 299 Å². The van der Waals surface area contributed by atoms with E-state index in [1.165, 1.54) is 53.3 Å². The molecule has 0 fully saturated rings. The first-order chi connectivity index (χ1) is 22.8. The fraction of sp³-hybridized carbons (Fsp3) is 0.356. The van der Waals surface area contributed by atoms with Gasteiger partial charge in [0.15, 0.2) is 0 Å². The zero-order valence-electron chi connectivity index (χ0n) is 31.5. The van der Waals surface area contributed by atoms with E-state index in [1.54, 1.807) is 12.1 Å². The van der Waals surface area contributed by atoms with Crippen molar-refractivity contribution in [3.05, 3.63) is 133 Å². The fourth-order valence-corrected chi connectivity index (χ4v) is 16.3. The van der Waals surface area contributed by atoms with Crippen LogP contribution in [-0.2, 0) is 38.5 Å². The summed E-state index contributed by atoms with van der Waals surface area (Å²) in [6.45, 7) is 24.4. The summed E-state index contributed by atoms with van der Waals surface area (Å²) in [4.78, 5) is 0. The molecule has 5 heteroatoms. The van der Waals surface area contributed by atoms with Gasteiger partial charge in [0.2, 0.25) is 0 Å². The topological polar surface area (TPSA) is 18.5 Å². The smallest absolute Gasteiger partial charge is 1.00 e. The summed E-state index contributed by atoms with van der Waals surface area (Å²) in [6, 6.07) is 25.4. The number of fused-ring (bicyclic) bond motifs is 3. The van der Waals surface area contributed by atoms with Crippen molar-refractivity contribution in [1.82, 2.24) is 0 Å². The minimum Gasteiger partial charge on any atom is -1.00 e. The van der Waals surface area contributed by atoms with Crippen LogP contribution in [-0.4, -0.2) is 16.4 Å². The van der Waals surface area contributed by atoms with E-state index in [1.807, 2.05) is 13.8 Å². The molecule has 2 aliphatic carbocycles. The number of benzene rings is 4. The molecule has 2 aliphatic rings. The molecule has 0 aromatic heterocycles. The van der Waals surface area contributed by atoms with Crippen LogP contribution in [0.1, 0.15) is 106 Å². The van der Waals surface area contributed by atoms with Gasteiger partial charge in [-0.3, -0.25) is 0 Å². The summed E-state index contributed by atoms with van der Waals surface area (Å²) in [7, 11) is 0. The second-order valence-corrected chi connectivity index (χ2v) is 21.3. The van der Waals surface area contributed by atoms with Crippen LogP contribution in [0, 0.1) is 13.8 Å². The van der Waals surface area contributed by atoms with E-state index in [0.29, 0.717) is 13.2 Å². The third-order valence-electron chi connectivity index (χ3n) is 9.92. The Bertz CT molecular complexity index is 1900. The molecule has 0 aliphatic heterocycles. The first-order valence-corrected chi connectivity index (χ1v) is 21.4. The van der Waals surface area contributed by atoms with Crippen LogP contribution in [0.2, 0.25) is 0 Å². The zero-order valence-corrected chi connectivity index (χ0v) is 35.5. The summed E-state index contributed by atoms with van der Waals surface area (Å²) >= 11 is -2.89. The number of halogens is 2. The molecule has 50 heavy (non-hydrogen) atoms. The van der Waals surface area contributed by atoms with Gasteiger partial charge in [0.05, 0.1) is 0 Å². The standard InChI is InChI=1S/C23H29.C17H18O2.C5H5.2ClH.Zr/c1-14-9-16-11-17-10-15(2)21(23(6,7)8)13-19(17)18(16)12-20(14)22(3,4)5;1-3-18-16-9-5-14(6-10-16)13-15-7-11-17(12-8-15)19-4-2;1-2-4-5-3-1;;;/h9,12-13H,11H2,1-8H3;5-12H,3-4H2,1-2H3;1-3H,4H2;2*1H;/q;;;;;+2/p-2. The van der Waals surface area contributed by atoms with Crippen molar-refractivity contribution in [2.24, 2.45) is 0 Å². The van der Waals surface area contributed by atoms with E-state index in [4.69, 9.17) is 9.47 Å². The normalized spacial score (nSPS) is 12.9. The third-order valence-corrected chi connectivity index (χ3v) is 17.9. The molecule has 0 bridgehead atoms. The van der Waals surface area contributed by atoms with Crippen LogP contribution >= 0.6 is 0 Å². The van der Waals surface area contributed by atoms with Gasteiger partial charge in [0, 0.05) is 0 Å². The maximum absolute atomic E-state index is 5.91. The average molecular weight is 787 g/mol. The van der Waals surface area contributed by atoms with Crippen LogP contribution < -0.4 is 37.6 Å². The number of hydrogen-bond acceptors (Lipinski definition) is 2. The van der Waals surface area contributed by atoms with Gasteiger partial charge in [-0.05, 0) is 0 Å². The molecule has 0 saturated carbocycles. The van der Waals surface area contributed by atoms with Crippen LogP contribution in [0.4, 0.5) is 0 Å². The molecule has 0 saturated heterocycles. The Morgan fingerprint density at radius 1 is 0.700 bits per heavy atom. The molecule has 0 spiro atoms. The van der Waals surface area contributed by atoms with Crippen LogP contribution in [0.3, 0.4) is 0 Å². The fourth-order valence-electron chi connectivity index (χ4n) is 7.84. The largest absolute Gasteiger partial charge is 1.00 e. The summed E-state index contributed by atoms with van der Waals surface area (Å²) in [5, 5.41) is 0. The zero-order chi connectivity index (χ0) is 34.4. The van der Waals surface area contributed by atoms with Crippen LogP contribution in [0.5, 0.6) is 11.5 Å². The molecule has 0 N–H and O–H groups in total. The first-order valence-electron chi connectivity index (χ1n) is 17.7. The van der Waals surface area contributed by atoms with Crippen LogP contribution in [0.15, 0.2) is 88.2 Å². The molecule has 4 aromatic carbocycles. The minimum atomic E-state index is -2.89. The Labute approximate surface area is 321 Å². The van der Waals surface area contributed by atoms with Crippen molar-refractivity contribution in [3.8, 4) is 22.6 Å². The van der Waals surface area contributed by atoms with Gasteiger partial charge in [-0.1, -0.05) is 0 Å². The molecule has 0 atom stereocenters. The quantitative estimate of drug-likeness (QED) is 0.229. The number of rotatable bonds is 8. The Morgan fingerprint density at radius 3 is 1.68 bits per heavy atom. The summed E-state index contributed by atoms with van der Waals surface area (Å²) in [6.07, 6.45) is 9.14. The van der Waals surface area contributed by atoms with Gasteiger partial charge < -0.3 is 24.8 Å². The van der Waals surface area contributed by atoms with Crippen LogP contribution in [0.25, 0.3) is 11.1 Å². The Balaban J connectivity index is 0.00000281. The van der Waals surface area contributed by atoms with Gasteiger partial charge in [0.25, 0.3) is 0 Å². The monoisotopic (exact) mass is 784 g/mol. The summed E-state index contributed by atoms with van der Waals surface area (Å²) in [5.41, 5.74) is 14.5. The third kappa shape index (κ3) is 7.86. The molecule has 2 nitrogen and oxygen atoms in total. The second kappa shape index (κ2) is 15.9.